The monoisotopic (exact) mass is 495 g/mol. The van der Waals surface area contributed by atoms with Gasteiger partial charge in [0.15, 0.2) is 0 Å². The smallest absolute Gasteiger partial charge is 0.256 e. The Kier molecular flexibility index (Phi) is 7.91. The normalized spacial score (nSPS) is 18.8. The highest BCUT2D eigenvalue weighted by molar-refractivity contribution is 5.99. The highest BCUT2D eigenvalue weighted by atomic mass is 16.5. The zero-order valence-corrected chi connectivity index (χ0v) is 21.0. The van der Waals surface area contributed by atoms with E-state index in [9.17, 15) is 14.4 Å². The standard InChI is InChI=1S/C27H33N3O6/c1-19-5-4-6-21(17-19)26(33)30-23(24(31)28-13-16-34-2)18-36-27(30)11-14-29(15-12-27)25(32)20-7-9-22(35-3)10-8-20/h4-10,17,23H,11-16,18H2,1-3H3,(H,28,31). The number of nitrogens with one attached hydrogen (secondary N) is 1. The molecule has 0 bridgehead atoms. The van der Waals surface area contributed by atoms with Gasteiger partial charge in [0.25, 0.3) is 11.8 Å². The van der Waals surface area contributed by atoms with Gasteiger partial charge in [-0.05, 0) is 43.3 Å². The van der Waals surface area contributed by atoms with Crippen molar-refractivity contribution in [1.82, 2.24) is 15.1 Å². The van der Waals surface area contributed by atoms with Gasteiger partial charge in [-0.3, -0.25) is 19.3 Å². The van der Waals surface area contributed by atoms with Crippen LogP contribution in [0.3, 0.4) is 0 Å². The van der Waals surface area contributed by atoms with E-state index in [0.29, 0.717) is 56.0 Å². The molecule has 2 heterocycles. The molecule has 36 heavy (non-hydrogen) atoms. The first kappa shape index (κ1) is 25.7. The van der Waals surface area contributed by atoms with Gasteiger partial charge in [-0.25, -0.2) is 0 Å². The van der Waals surface area contributed by atoms with Crippen molar-refractivity contribution in [2.75, 3.05) is 47.1 Å². The molecule has 2 saturated heterocycles. The zero-order chi connectivity index (χ0) is 25.7. The van der Waals surface area contributed by atoms with Crippen molar-refractivity contribution in [3.63, 3.8) is 0 Å². The van der Waals surface area contributed by atoms with Crippen LogP contribution in [0.2, 0.25) is 0 Å². The summed E-state index contributed by atoms with van der Waals surface area (Å²) in [5.74, 6) is 0.0687. The van der Waals surface area contributed by atoms with Crippen LogP contribution in [0.4, 0.5) is 0 Å². The highest BCUT2D eigenvalue weighted by Crippen LogP contribution is 2.39. The van der Waals surface area contributed by atoms with Crippen LogP contribution in [0, 0.1) is 6.92 Å². The van der Waals surface area contributed by atoms with Crippen LogP contribution in [-0.4, -0.2) is 86.4 Å². The summed E-state index contributed by atoms with van der Waals surface area (Å²) in [4.78, 5) is 43.3. The second kappa shape index (κ2) is 11.1. The Bertz CT molecular complexity index is 1090. The van der Waals surface area contributed by atoms with E-state index in [1.54, 1.807) is 54.4 Å². The third kappa shape index (κ3) is 5.22. The quantitative estimate of drug-likeness (QED) is 0.592. The van der Waals surface area contributed by atoms with Gasteiger partial charge in [0, 0.05) is 50.7 Å². The fourth-order valence-electron chi connectivity index (χ4n) is 4.85. The Morgan fingerprint density at radius 1 is 1.03 bits per heavy atom. The Labute approximate surface area is 211 Å². The third-order valence-electron chi connectivity index (χ3n) is 6.82. The molecule has 2 aliphatic heterocycles. The lowest BCUT2D eigenvalue weighted by molar-refractivity contribution is -0.128. The molecule has 9 nitrogen and oxygen atoms in total. The maximum Gasteiger partial charge on any atom is 0.256 e. The topological polar surface area (TPSA) is 97.4 Å². The molecule has 0 aliphatic carbocycles. The van der Waals surface area contributed by atoms with E-state index in [2.05, 4.69) is 5.32 Å². The largest absolute Gasteiger partial charge is 0.497 e. The first-order valence-electron chi connectivity index (χ1n) is 12.1. The number of hydrogen-bond acceptors (Lipinski definition) is 6. The van der Waals surface area contributed by atoms with E-state index in [1.807, 2.05) is 25.1 Å². The van der Waals surface area contributed by atoms with Crippen LogP contribution in [0.5, 0.6) is 5.75 Å². The number of amides is 3. The molecule has 2 aromatic rings. The zero-order valence-electron chi connectivity index (χ0n) is 21.0. The van der Waals surface area contributed by atoms with Crippen molar-refractivity contribution in [2.45, 2.75) is 31.5 Å². The number of nitrogens with zero attached hydrogens (tertiary/aromatic N) is 2. The van der Waals surface area contributed by atoms with Crippen LogP contribution in [-0.2, 0) is 14.3 Å². The first-order valence-corrected chi connectivity index (χ1v) is 12.1. The summed E-state index contributed by atoms with van der Waals surface area (Å²) >= 11 is 0. The van der Waals surface area contributed by atoms with Crippen molar-refractivity contribution in [3.8, 4) is 5.75 Å². The molecule has 0 radical (unpaired) electrons. The van der Waals surface area contributed by atoms with Gasteiger partial charge >= 0.3 is 0 Å². The van der Waals surface area contributed by atoms with Crippen molar-refractivity contribution in [3.05, 3.63) is 65.2 Å². The maximum atomic E-state index is 13.8. The average Bonchev–Trinajstić information content (AvgIpc) is 3.27. The SMILES string of the molecule is COCCNC(=O)C1COC2(CCN(C(=O)c3ccc(OC)cc3)CC2)N1C(=O)c1cccc(C)c1. The van der Waals surface area contributed by atoms with E-state index in [1.165, 1.54) is 0 Å². The van der Waals surface area contributed by atoms with Gasteiger partial charge < -0.3 is 24.4 Å². The number of piperidine rings is 1. The minimum atomic E-state index is -0.958. The summed E-state index contributed by atoms with van der Waals surface area (Å²) in [6.07, 6.45) is 0.822. The minimum absolute atomic E-state index is 0.0871. The molecular formula is C27H33N3O6. The van der Waals surface area contributed by atoms with Gasteiger partial charge in [0.1, 0.15) is 17.5 Å². The Morgan fingerprint density at radius 3 is 2.39 bits per heavy atom. The molecule has 1 unspecified atom stereocenters. The third-order valence-corrected chi connectivity index (χ3v) is 6.82. The predicted molar refractivity (Wildman–Crippen MR) is 133 cm³/mol. The van der Waals surface area contributed by atoms with Crippen molar-refractivity contribution in [1.29, 1.82) is 0 Å². The predicted octanol–water partition coefficient (Wildman–Crippen LogP) is 2.24. The molecule has 0 aromatic heterocycles. The van der Waals surface area contributed by atoms with Crippen LogP contribution < -0.4 is 10.1 Å². The highest BCUT2D eigenvalue weighted by Gasteiger charge is 2.54. The summed E-state index contributed by atoms with van der Waals surface area (Å²) in [7, 11) is 3.14. The molecule has 1 N–H and O–H groups in total. The maximum absolute atomic E-state index is 13.8. The Hall–Kier alpha value is -3.43. The second-order valence-corrected chi connectivity index (χ2v) is 9.12. The van der Waals surface area contributed by atoms with E-state index < -0.39 is 11.8 Å². The number of aryl methyl sites for hydroxylation is 1. The molecule has 0 saturated carbocycles. The summed E-state index contributed by atoms with van der Waals surface area (Å²) in [5, 5.41) is 2.84. The van der Waals surface area contributed by atoms with Gasteiger partial charge in [-0.15, -0.1) is 0 Å². The summed E-state index contributed by atoms with van der Waals surface area (Å²) in [5.41, 5.74) is 1.07. The van der Waals surface area contributed by atoms with Crippen molar-refractivity contribution >= 4 is 17.7 Å². The molecule has 2 aliphatic rings. The van der Waals surface area contributed by atoms with Crippen LogP contribution in [0.15, 0.2) is 48.5 Å². The molecule has 2 aromatic carbocycles. The van der Waals surface area contributed by atoms with Gasteiger partial charge in [-0.1, -0.05) is 17.7 Å². The fraction of sp³-hybridized carbons (Fsp3) is 0.444. The summed E-state index contributed by atoms with van der Waals surface area (Å²) in [6.45, 7) is 3.54. The molecule has 192 valence electrons. The molecule has 9 heteroatoms. The number of hydrogen-bond donors (Lipinski definition) is 1. The van der Waals surface area contributed by atoms with Gasteiger partial charge in [0.05, 0.1) is 20.3 Å². The van der Waals surface area contributed by atoms with E-state index in [4.69, 9.17) is 14.2 Å². The Morgan fingerprint density at radius 2 is 1.75 bits per heavy atom. The number of ether oxygens (including phenoxy) is 3. The number of methoxy groups -OCH3 is 2. The second-order valence-electron chi connectivity index (χ2n) is 9.12. The molecule has 1 atom stereocenters. The fourth-order valence-corrected chi connectivity index (χ4v) is 4.85. The number of rotatable bonds is 7. The van der Waals surface area contributed by atoms with E-state index in [0.717, 1.165) is 5.56 Å². The molecule has 1 spiro atoms. The first-order chi connectivity index (χ1) is 17.4. The molecule has 4 rings (SSSR count). The van der Waals surface area contributed by atoms with Crippen LogP contribution in [0.1, 0.15) is 39.1 Å². The average molecular weight is 496 g/mol. The van der Waals surface area contributed by atoms with Gasteiger partial charge in [-0.2, -0.15) is 0 Å². The summed E-state index contributed by atoms with van der Waals surface area (Å²) < 4.78 is 16.4. The lowest BCUT2D eigenvalue weighted by Gasteiger charge is -2.44. The number of carbonyl (C=O) groups is 3. The van der Waals surface area contributed by atoms with Gasteiger partial charge in [0.2, 0.25) is 5.91 Å². The molecule has 3 amide bonds. The number of benzene rings is 2. The van der Waals surface area contributed by atoms with Crippen LogP contribution >= 0.6 is 0 Å². The summed E-state index contributed by atoms with van der Waals surface area (Å²) in [6, 6.07) is 13.6. The lowest BCUT2D eigenvalue weighted by atomic mass is 9.95. The minimum Gasteiger partial charge on any atom is -0.497 e. The lowest BCUT2D eigenvalue weighted by Crippen LogP contribution is -2.60. The van der Waals surface area contributed by atoms with E-state index >= 15 is 0 Å². The molecule has 2 fully saturated rings. The van der Waals surface area contributed by atoms with Crippen LogP contribution in [0.25, 0.3) is 0 Å². The number of carbonyl (C=O) groups excluding carboxylic acids is 3. The Balaban J connectivity index is 1.54. The number of likely N-dealkylation sites (tertiary alicyclic amines) is 1. The molecular weight excluding hydrogens is 462 g/mol. The van der Waals surface area contributed by atoms with Crippen molar-refractivity contribution in [2.24, 2.45) is 0 Å². The van der Waals surface area contributed by atoms with E-state index in [-0.39, 0.29) is 24.3 Å². The van der Waals surface area contributed by atoms with Crippen molar-refractivity contribution < 1.29 is 28.6 Å².